The SMILES string of the molecule is CS(=O)(=O)N[C@H]1COC2(CCN(Cc3cccnc3)CC2)C1. The summed E-state index contributed by atoms with van der Waals surface area (Å²) < 4.78 is 31.3. The molecule has 6 nitrogen and oxygen atoms in total. The molecule has 2 saturated heterocycles. The van der Waals surface area contributed by atoms with E-state index in [4.69, 9.17) is 4.74 Å². The molecule has 122 valence electrons. The zero-order valence-electron chi connectivity index (χ0n) is 12.9. The van der Waals surface area contributed by atoms with Gasteiger partial charge in [-0.1, -0.05) is 6.07 Å². The van der Waals surface area contributed by atoms with Crippen molar-refractivity contribution in [3.8, 4) is 0 Å². The van der Waals surface area contributed by atoms with Crippen LogP contribution in [0.5, 0.6) is 0 Å². The van der Waals surface area contributed by atoms with Gasteiger partial charge in [0.15, 0.2) is 0 Å². The molecule has 3 heterocycles. The van der Waals surface area contributed by atoms with Crippen LogP contribution < -0.4 is 4.72 Å². The molecule has 1 aromatic rings. The maximum Gasteiger partial charge on any atom is 0.209 e. The van der Waals surface area contributed by atoms with Gasteiger partial charge in [0.05, 0.1) is 18.5 Å². The second-order valence-electron chi connectivity index (χ2n) is 6.42. The van der Waals surface area contributed by atoms with Gasteiger partial charge in [-0.05, 0) is 30.9 Å². The van der Waals surface area contributed by atoms with Crippen molar-refractivity contribution >= 4 is 10.0 Å². The molecule has 3 rings (SSSR count). The van der Waals surface area contributed by atoms with Gasteiger partial charge in [-0.2, -0.15) is 0 Å². The first-order valence-electron chi connectivity index (χ1n) is 7.67. The van der Waals surface area contributed by atoms with Gasteiger partial charge in [0.1, 0.15) is 0 Å². The molecule has 0 saturated carbocycles. The van der Waals surface area contributed by atoms with Crippen LogP contribution in [0.4, 0.5) is 0 Å². The number of sulfonamides is 1. The number of piperidine rings is 1. The molecule has 7 heteroatoms. The van der Waals surface area contributed by atoms with Gasteiger partial charge in [-0.3, -0.25) is 9.88 Å². The van der Waals surface area contributed by atoms with Crippen molar-refractivity contribution in [1.82, 2.24) is 14.6 Å². The molecular weight excluding hydrogens is 302 g/mol. The molecule has 0 aromatic carbocycles. The van der Waals surface area contributed by atoms with E-state index in [1.54, 1.807) is 6.20 Å². The summed E-state index contributed by atoms with van der Waals surface area (Å²) in [5.74, 6) is 0. The maximum absolute atomic E-state index is 11.3. The Morgan fingerprint density at radius 2 is 2.23 bits per heavy atom. The topological polar surface area (TPSA) is 71.5 Å². The molecular formula is C15H23N3O3S. The summed E-state index contributed by atoms with van der Waals surface area (Å²) in [5, 5.41) is 0. The average molecular weight is 325 g/mol. The monoisotopic (exact) mass is 325 g/mol. The lowest BCUT2D eigenvalue weighted by atomic mass is 9.87. The van der Waals surface area contributed by atoms with Crippen LogP contribution in [-0.2, 0) is 21.3 Å². The number of hydrogen-bond donors (Lipinski definition) is 1. The van der Waals surface area contributed by atoms with E-state index >= 15 is 0 Å². The van der Waals surface area contributed by atoms with E-state index < -0.39 is 10.0 Å². The minimum absolute atomic E-state index is 0.0835. The number of nitrogens with one attached hydrogen (secondary N) is 1. The fourth-order valence-electron chi connectivity index (χ4n) is 3.44. The second-order valence-corrected chi connectivity index (χ2v) is 8.20. The summed E-state index contributed by atoms with van der Waals surface area (Å²) in [6, 6.07) is 3.97. The van der Waals surface area contributed by atoms with Crippen LogP contribution in [0.15, 0.2) is 24.5 Å². The Kier molecular flexibility index (Phi) is 4.49. The van der Waals surface area contributed by atoms with Crippen molar-refractivity contribution in [3.63, 3.8) is 0 Å². The Morgan fingerprint density at radius 1 is 1.45 bits per heavy atom. The summed E-state index contributed by atoms with van der Waals surface area (Å²) in [7, 11) is -3.16. The van der Waals surface area contributed by atoms with E-state index in [1.807, 2.05) is 12.3 Å². The Morgan fingerprint density at radius 3 is 2.86 bits per heavy atom. The van der Waals surface area contributed by atoms with Crippen molar-refractivity contribution in [2.24, 2.45) is 0 Å². The van der Waals surface area contributed by atoms with Crippen LogP contribution in [0.2, 0.25) is 0 Å². The highest BCUT2D eigenvalue weighted by molar-refractivity contribution is 7.88. The van der Waals surface area contributed by atoms with Gasteiger partial charge in [-0.15, -0.1) is 0 Å². The van der Waals surface area contributed by atoms with E-state index in [9.17, 15) is 8.42 Å². The normalized spacial score (nSPS) is 25.6. The van der Waals surface area contributed by atoms with Crippen LogP contribution in [0, 0.1) is 0 Å². The van der Waals surface area contributed by atoms with Crippen molar-refractivity contribution in [2.75, 3.05) is 26.0 Å². The van der Waals surface area contributed by atoms with Gasteiger partial charge in [0, 0.05) is 38.1 Å². The number of aromatic nitrogens is 1. The molecule has 22 heavy (non-hydrogen) atoms. The lowest BCUT2D eigenvalue weighted by molar-refractivity contribution is -0.0449. The molecule has 0 radical (unpaired) electrons. The van der Waals surface area contributed by atoms with Gasteiger partial charge < -0.3 is 4.74 Å². The maximum atomic E-state index is 11.3. The lowest BCUT2D eigenvalue weighted by Gasteiger charge is -2.38. The molecule has 0 bridgehead atoms. The highest BCUT2D eigenvalue weighted by Gasteiger charge is 2.43. The standard InChI is InChI=1S/C15H23N3O3S/c1-22(19,20)17-14-9-15(21-12-14)4-7-18(8-5-15)11-13-3-2-6-16-10-13/h2-3,6,10,14,17H,4-5,7-9,11-12H2,1H3/t14-/m1/s1. The van der Waals surface area contributed by atoms with Crippen LogP contribution >= 0.6 is 0 Å². The van der Waals surface area contributed by atoms with E-state index in [0.29, 0.717) is 6.61 Å². The number of hydrogen-bond acceptors (Lipinski definition) is 5. The smallest absolute Gasteiger partial charge is 0.209 e. The van der Waals surface area contributed by atoms with Gasteiger partial charge in [0.2, 0.25) is 10.0 Å². The first-order valence-corrected chi connectivity index (χ1v) is 9.56. The predicted molar refractivity (Wildman–Crippen MR) is 83.8 cm³/mol. The Labute approximate surface area is 131 Å². The quantitative estimate of drug-likeness (QED) is 0.885. The molecule has 2 aliphatic heterocycles. The van der Waals surface area contributed by atoms with Gasteiger partial charge >= 0.3 is 0 Å². The number of ether oxygens (including phenoxy) is 1. The fraction of sp³-hybridized carbons (Fsp3) is 0.667. The van der Waals surface area contributed by atoms with Crippen LogP contribution in [0.3, 0.4) is 0 Å². The summed E-state index contributed by atoms with van der Waals surface area (Å²) in [6.45, 7) is 3.34. The van der Waals surface area contributed by atoms with Crippen molar-refractivity contribution in [1.29, 1.82) is 0 Å². The Balaban J connectivity index is 1.52. The molecule has 1 N–H and O–H groups in total. The van der Waals surface area contributed by atoms with Gasteiger partial charge in [0.25, 0.3) is 0 Å². The molecule has 0 unspecified atom stereocenters. The van der Waals surface area contributed by atoms with Crippen molar-refractivity contribution in [2.45, 2.75) is 37.5 Å². The molecule has 1 spiro atoms. The minimum Gasteiger partial charge on any atom is -0.373 e. The molecule has 1 aromatic heterocycles. The Bertz CT molecular complexity index is 598. The van der Waals surface area contributed by atoms with Gasteiger partial charge in [-0.25, -0.2) is 13.1 Å². The molecule has 2 fully saturated rings. The summed E-state index contributed by atoms with van der Waals surface area (Å²) in [4.78, 5) is 6.55. The predicted octanol–water partition coefficient (Wildman–Crippen LogP) is 0.754. The second kappa shape index (κ2) is 6.23. The highest BCUT2D eigenvalue weighted by Crippen LogP contribution is 2.36. The molecule has 0 aliphatic carbocycles. The van der Waals surface area contributed by atoms with Crippen molar-refractivity contribution < 1.29 is 13.2 Å². The lowest BCUT2D eigenvalue weighted by Crippen LogP contribution is -2.44. The third kappa shape index (κ3) is 4.04. The number of likely N-dealkylation sites (tertiary alicyclic amines) is 1. The van der Waals surface area contributed by atoms with E-state index in [2.05, 4.69) is 20.7 Å². The summed E-state index contributed by atoms with van der Waals surface area (Å²) in [6.07, 6.45) is 7.58. The minimum atomic E-state index is -3.16. The zero-order chi connectivity index (χ0) is 15.6. The zero-order valence-corrected chi connectivity index (χ0v) is 13.7. The average Bonchev–Trinajstić information content (AvgIpc) is 2.84. The third-order valence-electron chi connectivity index (χ3n) is 4.49. The number of nitrogens with zero attached hydrogens (tertiary/aromatic N) is 2. The van der Waals surface area contributed by atoms with Crippen LogP contribution in [0.1, 0.15) is 24.8 Å². The van der Waals surface area contributed by atoms with Crippen LogP contribution in [-0.4, -0.2) is 55.9 Å². The largest absolute Gasteiger partial charge is 0.373 e. The first-order chi connectivity index (χ1) is 10.4. The fourth-order valence-corrected chi connectivity index (χ4v) is 4.20. The number of pyridine rings is 1. The third-order valence-corrected chi connectivity index (χ3v) is 5.25. The molecule has 2 aliphatic rings. The highest BCUT2D eigenvalue weighted by atomic mass is 32.2. The van der Waals surface area contributed by atoms with Crippen LogP contribution in [0.25, 0.3) is 0 Å². The number of rotatable bonds is 4. The summed E-state index contributed by atoms with van der Waals surface area (Å²) >= 11 is 0. The van der Waals surface area contributed by atoms with E-state index in [1.165, 1.54) is 11.8 Å². The first kappa shape index (κ1) is 15.9. The molecule has 0 amide bonds. The van der Waals surface area contributed by atoms with E-state index in [0.717, 1.165) is 38.9 Å². The Hall–Kier alpha value is -1.02. The summed E-state index contributed by atoms with van der Waals surface area (Å²) in [5.41, 5.74) is 1.08. The van der Waals surface area contributed by atoms with Crippen molar-refractivity contribution in [3.05, 3.63) is 30.1 Å². The van der Waals surface area contributed by atoms with E-state index in [-0.39, 0.29) is 11.6 Å². The molecule has 1 atom stereocenters.